The van der Waals surface area contributed by atoms with Gasteiger partial charge in [0.25, 0.3) is 0 Å². The molecule has 6 heteroatoms. The molecule has 0 atom stereocenters. The SMILES string of the molecule is CCOC(=O)c1cnc(-c2cccc(N)c2)nc1Nc1cccc(C)c1. The Bertz CT molecular complexity index is 941. The van der Waals surface area contributed by atoms with E-state index in [2.05, 4.69) is 15.3 Å². The van der Waals surface area contributed by atoms with Crippen molar-refractivity contribution in [2.45, 2.75) is 13.8 Å². The maximum absolute atomic E-state index is 12.3. The molecule has 0 saturated heterocycles. The molecule has 0 spiro atoms. The number of esters is 1. The largest absolute Gasteiger partial charge is 0.462 e. The Hall–Kier alpha value is -3.41. The minimum atomic E-state index is -0.471. The summed E-state index contributed by atoms with van der Waals surface area (Å²) in [7, 11) is 0. The van der Waals surface area contributed by atoms with Crippen molar-refractivity contribution < 1.29 is 9.53 Å². The number of hydrogen-bond acceptors (Lipinski definition) is 6. The molecule has 0 aliphatic carbocycles. The fourth-order valence-corrected chi connectivity index (χ4v) is 2.51. The molecule has 0 saturated carbocycles. The molecule has 3 rings (SSSR count). The topological polar surface area (TPSA) is 90.1 Å². The van der Waals surface area contributed by atoms with Gasteiger partial charge in [0.05, 0.1) is 6.61 Å². The molecule has 3 aromatic rings. The number of aromatic nitrogens is 2. The number of nitrogen functional groups attached to an aromatic ring is 1. The van der Waals surface area contributed by atoms with E-state index in [1.165, 1.54) is 6.20 Å². The summed E-state index contributed by atoms with van der Waals surface area (Å²) >= 11 is 0. The normalized spacial score (nSPS) is 10.4. The van der Waals surface area contributed by atoms with Gasteiger partial charge in [-0.1, -0.05) is 24.3 Å². The van der Waals surface area contributed by atoms with Crippen molar-refractivity contribution in [1.82, 2.24) is 9.97 Å². The lowest BCUT2D eigenvalue weighted by atomic mass is 10.2. The standard InChI is InChI=1S/C20H20N4O2/c1-3-26-20(25)17-12-22-18(14-7-5-8-15(21)11-14)24-19(17)23-16-9-4-6-13(2)10-16/h4-12H,3,21H2,1-2H3,(H,22,23,24). The number of nitrogens with one attached hydrogen (secondary N) is 1. The van der Waals surface area contributed by atoms with Crippen LogP contribution in [0.4, 0.5) is 17.2 Å². The van der Waals surface area contributed by atoms with E-state index in [9.17, 15) is 4.79 Å². The number of carbonyl (C=O) groups excluding carboxylic acids is 1. The summed E-state index contributed by atoms with van der Waals surface area (Å²) in [5.74, 6) is 0.392. The first kappa shape index (κ1) is 17.4. The first-order valence-corrected chi connectivity index (χ1v) is 8.30. The Morgan fingerprint density at radius 3 is 2.73 bits per heavy atom. The van der Waals surface area contributed by atoms with Crippen LogP contribution in [0.25, 0.3) is 11.4 Å². The number of nitrogens with two attached hydrogens (primary N) is 1. The molecule has 0 fully saturated rings. The molecule has 2 aromatic carbocycles. The molecule has 1 heterocycles. The highest BCUT2D eigenvalue weighted by Crippen LogP contribution is 2.24. The number of hydrogen-bond donors (Lipinski definition) is 2. The minimum absolute atomic E-state index is 0.277. The Labute approximate surface area is 152 Å². The van der Waals surface area contributed by atoms with Crippen molar-refractivity contribution in [2.75, 3.05) is 17.7 Å². The van der Waals surface area contributed by atoms with E-state index in [0.717, 1.165) is 16.8 Å². The third kappa shape index (κ3) is 3.97. The van der Waals surface area contributed by atoms with E-state index >= 15 is 0 Å². The predicted molar refractivity (Wildman–Crippen MR) is 102 cm³/mol. The van der Waals surface area contributed by atoms with Crippen LogP contribution in [-0.4, -0.2) is 22.5 Å². The highest BCUT2D eigenvalue weighted by molar-refractivity contribution is 5.95. The van der Waals surface area contributed by atoms with Gasteiger partial charge in [0.1, 0.15) is 11.4 Å². The smallest absolute Gasteiger partial charge is 0.343 e. The van der Waals surface area contributed by atoms with Gasteiger partial charge in [0.2, 0.25) is 0 Å². The van der Waals surface area contributed by atoms with Gasteiger partial charge in [-0.25, -0.2) is 14.8 Å². The van der Waals surface area contributed by atoms with E-state index in [1.54, 1.807) is 19.1 Å². The predicted octanol–water partition coefficient (Wildman–Crippen LogP) is 3.95. The summed E-state index contributed by atoms with van der Waals surface area (Å²) in [6.07, 6.45) is 1.47. The molecule has 6 nitrogen and oxygen atoms in total. The number of nitrogens with zero attached hydrogens (tertiary/aromatic N) is 2. The lowest BCUT2D eigenvalue weighted by Crippen LogP contribution is -2.11. The van der Waals surface area contributed by atoms with Gasteiger partial charge in [0.15, 0.2) is 5.82 Å². The molecule has 26 heavy (non-hydrogen) atoms. The first-order valence-electron chi connectivity index (χ1n) is 8.30. The van der Waals surface area contributed by atoms with Crippen LogP contribution in [0.15, 0.2) is 54.7 Å². The summed E-state index contributed by atoms with van der Waals surface area (Å²) < 4.78 is 5.12. The second-order valence-corrected chi connectivity index (χ2v) is 5.80. The Morgan fingerprint density at radius 1 is 1.19 bits per heavy atom. The fourth-order valence-electron chi connectivity index (χ4n) is 2.51. The average molecular weight is 348 g/mol. The summed E-state index contributed by atoms with van der Waals surface area (Å²) in [6, 6.07) is 15.1. The van der Waals surface area contributed by atoms with E-state index < -0.39 is 5.97 Å². The average Bonchev–Trinajstić information content (AvgIpc) is 2.62. The minimum Gasteiger partial charge on any atom is -0.462 e. The van der Waals surface area contributed by atoms with Crippen LogP contribution in [-0.2, 0) is 4.74 Å². The van der Waals surface area contributed by atoms with Gasteiger partial charge in [-0.3, -0.25) is 0 Å². The molecule has 0 bridgehead atoms. The number of ether oxygens (including phenoxy) is 1. The van der Waals surface area contributed by atoms with E-state index in [4.69, 9.17) is 10.5 Å². The van der Waals surface area contributed by atoms with Crippen molar-refractivity contribution in [3.8, 4) is 11.4 Å². The Morgan fingerprint density at radius 2 is 2.00 bits per heavy atom. The van der Waals surface area contributed by atoms with E-state index in [1.807, 2.05) is 43.3 Å². The van der Waals surface area contributed by atoms with Crippen molar-refractivity contribution in [2.24, 2.45) is 0 Å². The van der Waals surface area contributed by atoms with Gasteiger partial charge in [-0.15, -0.1) is 0 Å². The zero-order chi connectivity index (χ0) is 18.5. The van der Waals surface area contributed by atoms with Crippen LogP contribution in [0.2, 0.25) is 0 Å². The number of carbonyl (C=O) groups is 1. The zero-order valence-electron chi connectivity index (χ0n) is 14.7. The zero-order valence-corrected chi connectivity index (χ0v) is 14.7. The quantitative estimate of drug-likeness (QED) is 0.536. The summed E-state index contributed by atoms with van der Waals surface area (Å²) in [5, 5.41) is 3.19. The maximum Gasteiger partial charge on any atom is 0.343 e. The van der Waals surface area contributed by atoms with Crippen LogP contribution in [0.5, 0.6) is 0 Å². The molecule has 1 aromatic heterocycles. The number of anilines is 3. The third-order valence-corrected chi connectivity index (χ3v) is 3.71. The molecule has 0 amide bonds. The van der Waals surface area contributed by atoms with E-state index in [0.29, 0.717) is 17.3 Å². The van der Waals surface area contributed by atoms with Crippen molar-refractivity contribution in [3.05, 3.63) is 65.9 Å². The fraction of sp³-hybridized carbons (Fsp3) is 0.150. The second kappa shape index (κ2) is 7.65. The molecule has 132 valence electrons. The molecule has 0 unspecified atom stereocenters. The van der Waals surface area contributed by atoms with E-state index in [-0.39, 0.29) is 12.2 Å². The third-order valence-electron chi connectivity index (χ3n) is 3.71. The molecule has 0 radical (unpaired) electrons. The Balaban J connectivity index is 2.04. The lowest BCUT2D eigenvalue weighted by Gasteiger charge is -2.12. The summed E-state index contributed by atoms with van der Waals surface area (Å²) in [5.41, 5.74) is 9.44. The van der Waals surface area contributed by atoms with Crippen LogP contribution in [0, 0.1) is 6.92 Å². The first-order chi connectivity index (χ1) is 12.6. The number of rotatable bonds is 5. The van der Waals surface area contributed by atoms with Gasteiger partial charge < -0.3 is 15.8 Å². The monoisotopic (exact) mass is 348 g/mol. The van der Waals surface area contributed by atoms with Crippen LogP contribution < -0.4 is 11.1 Å². The molecular formula is C20H20N4O2. The molecule has 0 aliphatic rings. The molecular weight excluding hydrogens is 328 g/mol. The van der Waals surface area contributed by atoms with Crippen molar-refractivity contribution in [3.63, 3.8) is 0 Å². The lowest BCUT2D eigenvalue weighted by molar-refractivity contribution is 0.0526. The van der Waals surface area contributed by atoms with Crippen LogP contribution in [0.1, 0.15) is 22.8 Å². The van der Waals surface area contributed by atoms with Crippen molar-refractivity contribution >= 4 is 23.2 Å². The van der Waals surface area contributed by atoms with Gasteiger partial charge >= 0.3 is 5.97 Å². The summed E-state index contributed by atoms with van der Waals surface area (Å²) in [6.45, 7) is 4.03. The number of aryl methyl sites for hydroxylation is 1. The summed E-state index contributed by atoms with van der Waals surface area (Å²) in [4.78, 5) is 21.1. The molecule has 0 aliphatic heterocycles. The highest BCUT2D eigenvalue weighted by Gasteiger charge is 2.17. The second-order valence-electron chi connectivity index (χ2n) is 5.80. The van der Waals surface area contributed by atoms with Gasteiger partial charge in [0, 0.05) is 23.1 Å². The van der Waals surface area contributed by atoms with Gasteiger partial charge in [-0.05, 0) is 43.7 Å². The highest BCUT2D eigenvalue weighted by atomic mass is 16.5. The van der Waals surface area contributed by atoms with Crippen LogP contribution >= 0.6 is 0 Å². The maximum atomic E-state index is 12.3. The van der Waals surface area contributed by atoms with Crippen molar-refractivity contribution in [1.29, 1.82) is 0 Å². The van der Waals surface area contributed by atoms with Gasteiger partial charge in [-0.2, -0.15) is 0 Å². The van der Waals surface area contributed by atoms with Crippen LogP contribution in [0.3, 0.4) is 0 Å². The Kier molecular flexibility index (Phi) is 5.12. The number of benzene rings is 2. The molecule has 3 N–H and O–H groups in total.